The fraction of sp³-hybridized carbons (Fsp3) is 0.273. The number of rotatable bonds is 10. The highest BCUT2D eigenvalue weighted by molar-refractivity contribution is 5.96. The molecule has 0 unspecified atom stereocenters. The van der Waals surface area contributed by atoms with Gasteiger partial charge < -0.3 is 14.8 Å². The summed E-state index contributed by atoms with van der Waals surface area (Å²) < 4.78 is 10.2. The van der Waals surface area contributed by atoms with Gasteiger partial charge >= 0.3 is 5.97 Å². The minimum Gasteiger partial charge on any atom is -0.494 e. The lowest BCUT2D eigenvalue weighted by Crippen LogP contribution is -2.34. The summed E-state index contributed by atoms with van der Waals surface area (Å²) in [5.41, 5.74) is 3.87. The van der Waals surface area contributed by atoms with Crippen LogP contribution in [0.2, 0.25) is 0 Å². The van der Waals surface area contributed by atoms with Crippen molar-refractivity contribution in [2.45, 2.75) is 19.8 Å². The van der Waals surface area contributed by atoms with Gasteiger partial charge in [-0.25, -0.2) is 10.2 Å². The van der Waals surface area contributed by atoms with E-state index in [0.29, 0.717) is 29.0 Å². The second kappa shape index (κ2) is 12.0. The lowest BCUT2D eigenvalue weighted by Gasteiger charge is -2.07. The maximum Gasteiger partial charge on any atom is 0.337 e. The van der Waals surface area contributed by atoms with E-state index in [1.54, 1.807) is 48.5 Å². The number of benzene rings is 2. The third-order valence-corrected chi connectivity index (χ3v) is 4.03. The van der Waals surface area contributed by atoms with Crippen LogP contribution >= 0.6 is 0 Å². The smallest absolute Gasteiger partial charge is 0.337 e. The summed E-state index contributed by atoms with van der Waals surface area (Å²) in [4.78, 5) is 35.3. The van der Waals surface area contributed by atoms with Crippen LogP contribution in [0.15, 0.2) is 53.6 Å². The first-order valence-corrected chi connectivity index (χ1v) is 9.54. The van der Waals surface area contributed by atoms with Gasteiger partial charge in [0, 0.05) is 5.56 Å². The predicted molar refractivity (Wildman–Crippen MR) is 113 cm³/mol. The zero-order chi connectivity index (χ0) is 21.8. The van der Waals surface area contributed by atoms with Gasteiger partial charge in [-0.3, -0.25) is 9.59 Å². The highest BCUT2D eigenvalue weighted by Gasteiger charge is 2.08. The fourth-order valence-corrected chi connectivity index (χ4v) is 2.34. The molecule has 2 amide bonds. The maximum atomic E-state index is 12.1. The number of carbonyl (C=O) groups is 3. The normalized spacial score (nSPS) is 10.5. The standard InChI is InChI=1S/C22H25N3O5/c1-3-4-13-30-19-11-9-17(10-12-19)21(27)23-15-20(26)25-24-14-16-5-7-18(8-6-16)22(28)29-2/h5-12,14H,3-4,13,15H2,1-2H3,(H,23,27)(H,25,26). The van der Waals surface area contributed by atoms with Crippen molar-refractivity contribution < 1.29 is 23.9 Å². The maximum absolute atomic E-state index is 12.1. The Morgan fingerprint density at radius 1 is 1.00 bits per heavy atom. The third kappa shape index (κ3) is 7.38. The topological polar surface area (TPSA) is 106 Å². The van der Waals surface area contributed by atoms with Crippen LogP contribution in [0.3, 0.4) is 0 Å². The Hall–Kier alpha value is -3.68. The van der Waals surface area contributed by atoms with E-state index in [0.717, 1.165) is 12.8 Å². The van der Waals surface area contributed by atoms with Crippen molar-refractivity contribution >= 4 is 24.0 Å². The summed E-state index contributed by atoms with van der Waals surface area (Å²) in [7, 11) is 1.31. The second-order valence-corrected chi connectivity index (χ2v) is 6.32. The van der Waals surface area contributed by atoms with Gasteiger partial charge in [-0.15, -0.1) is 0 Å². The second-order valence-electron chi connectivity index (χ2n) is 6.32. The van der Waals surface area contributed by atoms with Gasteiger partial charge in [0.15, 0.2) is 0 Å². The van der Waals surface area contributed by atoms with Crippen molar-refractivity contribution in [2.75, 3.05) is 20.3 Å². The quantitative estimate of drug-likeness (QED) is 0.270. The first-order chi connectivity index (χ1) is 14.5. The number of methoxy groups -OCH3 is 1. The molecular weight excluding hydrogens is 386 g/mol. The molecule has 30 heavy (non-hydrogen) atoms. The molecule has 158 valence electrons. The van der Waals surface area contributed by atoms with Gasteiger partial charge in [-0.1, -0.05) is 25.5 Å². The summed E-state index contributed by atoms with van der Waals surface area (Å²) in [5, 5.41) is 6.35. The molecule has 0 aliphatic carbocycles. The van der Waals surface area contributed by atoms with E-state index in [-0.39, 0.29) is 12.5 Å². The predicted octanol–water partition coefficient (Wildman–Crippen LogP) is 2.53. The Labute approximate surface area is 175 Å². The number of amides is 2. The molecule has 2 N–H and O–H groups in total. The van der Waals surface area contributed by atoms with E-state index in [1.807, 2.05) is 0 Å². The van der Waals surface area contributed by atoms with Gasteiger partial charge in [-0.05, 0) is 48.4 Å². The molecule has 0 saturated heterocycles. The number of hydrogen-bond donors (Lipinski definition) is 2. The zero-order valence-corrected chi connectivity index (χ0v) is 17.0. The molecule has 0 spiro atoms. The van der Waals surface area contributed by atoms with Crippen LogP contribution in [0.25, 0.3) is 0 Å². The number of carbonyl (C=O) groups excluding carboxylic acids is 3. The monoisotopic (exact) mass is 411 g/mol. The van der Waals surface area contributed by atoms with Gasteiger partial charge in [0.05, 0.1) is 32.0 Å². The number of nitrogens with one attached hydrogen (secondary N) is 2. The Morgan fingerprint density at radius 3 is 2.30 bits per heavy atom. The van der Waals surface area contributed by atoms with Gasteiger partial charge in [0.25, 0.3) is 11.8 Å². The summed E-state index contributed by atoms with van der Waals surface area (Å²) in [6, 6.07) is 13.2. The van der Waals surface area contributed by atoms with E-state index >= 15 is 0 Å². The Kier molecular flexibility index (Phi) is 9.05. The van der Waals surface area contributed by atoms with Crippen LogP contribution in [-0.4, -0.2) is 44.3 Å². The van der Waals surface area contributed by atoms with Gasteiger partial charge in [0.1, 0.15) is 5.75 Å². The first-order valence-electron chi connectivity index (χ1n) is 9.54. The van der Waals surface area contributed by atoms with Crippen molar-refractivity contribution in [2.24, 2.45) is 5.10 Å². The molecule has 0 saturated carbocycles. The molecule has 2 rings (SSSR count). The molecule has 0 heterocycles. The number of hydrazone groups is 1. The third-order valence-electron chi connectivity index (χ3n) is 4.03. The van der Waals surface area contributed by atoms with Crippen molar-refractivity contribution in [3.8, 4) is 5.75 Å². The number of esters is 1. The average Bonchev–Trinajstić information content (AvgIpc) is 2.78. The molecule has 2 aromatic carbocycles. The Bertz CT molecular complexity index is 877. The Balaban J connectivity index is 1.75. The summed E-state index contributed by atoms with van der Waals surface area (Å²) in [6.45, 7) is 2.51. The van der Waals surface area contributed by atoms with E-state index < -0.39 is 11.9 Å². The average molecular weight is 411 g/mol. The SMILES string of the molecule is CCCCOc1ccc(C(=O)NCC(=O)NN=Cc2ccc(C(=O)OC)cc2)cc1. The van der Waals surface area contributed by atoms with E-state index in [9.17, 15) is 14.4 Å². The minimum atomic E-state index is -0.467. The number of hydrogen-bond acceptors (Lipinski definition) is 6. The van der Waals surface area contributed by atoms with Crippen LogP contribution in [0.4, 0.5) is 0 Å². The van der Waals surface area contributed by atoms with Gasteiger partial charge in [0.2, 0.25) is 0 Å². The van der Waals surface area contributed by atoms with Crippen molar-refractivity contribution in [1.82, 2.24) is 10.7 Å². The lowest BCUT2D eigenvalue weighted by atomic mass is 10.1. The molecule has 0 aromatic heterocycles. The summed E-state index contributed by atoms with van der Waals surface area (Å²) in [6.07, 6.45) is 3.45. The van der Waals surface area contributed by atoms with Gasteiger partial charge in [-0.2, -0.15) is 5.10 Å². The van der Waals surface area contributed by atoms with Crippen LogP contribution in [0.5, 0.6) is 5.75 Å². The van der Waals surface area contributed by atoms with E-state index in [4.69, 9.17) is 4.74 Å². The molecule has 0 aliphatic rings. The molecule has 0 atom stereocenters. The molecule has 0 bridgehead atoms. The Morgan fingerprint density at radius 2 is 1.67 bits per heavy atom. The summed E-state index contributed by atoms with van der Waals surface area (Å²) in [5.74, 6) is -0.564. The molecule has 8 heteroatoms. The summed E-state index contributed by atoms with van der Waals surface area (Å²) >= 11 is 0. The van der Waals surface area contributed by atoms with Crippen LogP contribution in [0.1, 0.15) is 46.0 Å². The molecule has 0 fully saturated rings. The number of ether oxygens (including phenoxy) is 2. The molecule has 8 nitrogen and oxygen atoms in total. The van der Waals surface area contributed by atoms with Crippen LogP contribution in [0, 0.1) is 0 Å². The largest absolute Gasteiger partial charge is 0.494 e. The lowest BCUT2D eigenvalue weighted by molar-refractivity contribution is -0.120. The van der Waals surface area contributed by atoms with Crippen LogP contribution < -0.4 is 15.5 Å². The first kappa shape index (κ1) is 22.6. The highest BCUT2D eigenvalue weighted by atomic mass is 16.5. The van der Waals surface area contributed by atoms with E-state index in [2.05, 4.69) is 27.5 Å². The van der Waals surface area contributed by atoms with Crippen molar-refractivity contribution in [3.63, 3.8) is 0 Å². The highest BCUT2D eigenvalue weighted by Crippen LogP contribution is 2.12. The molecule has 0 radical (unpaired) electrons. The zero-order valence-electron chi connectivity index (χ0n) is 17.0. The number of nitrogens with zero attached hydrogens (tertiary/aromatic N) is 1. The molecular formula is C22H25N3O5. The number of unbranched alkanes of at least 4 members (excludes halogenated alkanes) is 1. The van der Waals surface area contributed by atoms with E-state index in [1.165, 1.54) is 13.3 Å². The molecule has 2 aromatic rings. The molecule has 0 aliphatic heterocycles. The van der Waals surface area contributed by atoms with Crippen molar-refractivity contribution in [3.05, 3.63) is 65.2 Å². The van der Waals surface area contributed by atoms with Crippen LogP contribution in [-0.2, 0) is 9.53 Å². The minimum absolute atomic E-state index is 0.216. The van der Waals surface area contributed by atoms with Crippen molar-refractivity contribution in [1.29, 1.82) is 0 Å². The fourth-order valence-electron chi connectivity index (χ4n) is 2.34.